The average molecular weight is 441 g/mol. The van der Waals surface area contributed by atoms with Crippen molar-refractivity contribution in [2.24, 2.45) is 0 Å². The molecule has 0 unspecified atom stereocenters. The molecule has 2 aromatic carbocycles. The van der Waals surface area contributed by atoms with Crippen molar-refractivity contribution in [3.05, 3.63) is 59.9 Å². The second-order valence-electron chi connectivity index (χ2n) is 8.02. The van der Waals surface area contributed by atoms with E-state index in [-0.39, 0.29) is 11.9 Å². The summed E-state index contributed by atoms with van der Waals surface area (Å²) < 4.78 is 27.6. The van der Waals surface area contributed by atoms with Crippen molar-refractivity contribution in [1.29, 1.82) is 0 Å². The second-order valence-corrected chi connectivity index (χ2v) is 9.96. The molecule has 0 atom stereocenters. The van der Waals surface area contributed by atoms with Crippen molar-refractivity contribution in [2.75, 3.05) is 25.9 Å². The van der Waals surface area contributed by atoms with Gasteiger partial charge in [-0.2, -0.15) is 4.31 Å². The highest BCUT2D eigenvalue weighted by molar-refractivity contribution is 7.88. The van der Waals surface area contributed by atoms with Gasteiger partial charge in [-0.25, -0.2) is 13.4 Å². The Morgan fingerprint density at radius 3 is 2.42 bits per heavy atom. The number of hydrogen-bond donors (Lipinski definition) is 0. The molecular weight excluding hydrogens is 412 g/mol. The summed E-state index contributed by atoms with van der Waals surface area (Å²) in [6.07, 6.45) is 2.55. The van der Waals surface area contributed by atoms with Crippen molar-refractivity contribution in [2.45, 2.75) is 32.7 Å². The van der Waals surface area contributed by atoms with Crippen molar-refractivity contribution in [3.63, 3.8) is 0 Å². The van der Waals surface area contributed by atoms with E-state index in [0.717, 1.165) is 22.5 Å². The van der Waals surface area contributed by atoms with E-state index in [9.17, 15) is 13.2 Å². The maximum absolute atomic E-state index is 13.1. The molecule has 4 rings (SSSR count). The Morgan fingerprint density at radius 1 is 1.13 bits per heavy atom. The molecule has 0 spiro atoms. The Balaban J connectivity index is 1.53. The molecule has 2 heterocycles. The van der Waals surface area contributed by atoms with Crippen molar-refractivity contribution < 1.29 is 13.2 Å². The fraction of sp³-hybridized carbons (Fsp3) is 0.391. The third-order valence-electron chi connectivity index (χ3n) is 5.98. The summed E-state index contributed by atoms with van der Waals surface area (Å²) in [4.78, 5) is 19.6. The molecule has 1 aliphatic rings. The van der Waals surface area contributed by atoms with Gasteiger partial charge in [0.2, 0.25) is 10.0 Å². The van der Waals surface area contributed by atoms with Gasteiger partial charge in [-0.05, 0) is 50.1 Å². The highest BCUT2D eigenvalue weighted by Crippen LogP contribution is 2.24. The zero-order valence-electron chi connectivity index (χ0n) is 18.2. The molecule has 31 heavy (non-hydrogen) atoms. The van der Waals surface area contributed by atoms with E-state index in [1.165, 1.54) is 6.26 Å². The number of carbonyl (C=O) groups excluding carboxylic acids is 1. The predicted octanol–water partition coefficient (Wildman–Crippen LogP) is 3.22. The first-order valence-electron chi connectivity index (χ1n) is 10.6. The summed E-state index contributed by atoms with van der Waals surface area (Å²) in [5.41, 5.74) is 3.40. The molecule has 1 aromatic heterocycles. The molecule has 164 valence electrons. The molecule has 0 radical (unpaired) electrons. The van der Waals surface area contributed by atoms with E-state index in [1.807, 2.05) is 67.3 Å². The van der Waals surface area contributed by atoms with Crippen molar-refractivity contribution in [1.82, 2.24) is 18.8 Å². The van der Waals surface area contributed by atoms with Gasteiger partial charge in [-0.15, -0.1) is 0 Å². The van der Waals surface area contributed by atoms with E-state index >= 15 is 0 Å². The van der Waals surface area contributed by atoms with Crippen LogP contribution in [0.4, 0.5) is 0 Å². The number of likely N-dealkylation sites (tertiary alicyclic amines) is 1. The van der Waals surface area contributed by atoms with Crippen LogP contribution in [0.3, 0.4) is 0 Å². The predicted molar refractivity (Wildman–Crippen MR) is 122 cm³/mol. The van der Waals surface area contributed by atoms with Crippen LogP contribution in [0.15, 0.2) is 48.5 Å². The van der Waals surface area contributed by atoms with Gasteiger partial charge in [-0.3, -0.25) is 9.36 Å². The molecule has 1 amide bonds. The number of rotatable bonds is 5. The van der Waals surface area contributed by atoms with Crippen LogP contribution in [0, 0.1) is 6.92 Å². The molecule has 1 fully saturated rings. The number of imidazole rings is 1. The Kier molecular flexibility index (Phi) is 5.85. The number of aromatic nitrogens is 2. The average Bonchev–Trinajstić information content (AvgIpc) is 3.08. The summed E-state index contributed by atoms with van der Waals surface area (Å²) in [6, 6.07) is 15.6. The van der Waals surface area contributed by atoms with Crippen LogP contribution in [0.25, 0.3) is 16.7 Å². The van der Waals surface area contributed by atoms with Crippen molar-refractivity contribution in [3.8, 4) is 5.69 Å². The number of fused-ring (bicyclic) bond motifs is 1. The third kappa shape index (κ3) is 4.22. The molecule has 1 aliphatic heterocycles. The molecule has 7 nitrogen and oxygen atoms in total. The quantitative estimate of drug-likeness (QED) is 0.611. The number of benzene rings is 2. The van der Waals surface area contributed by atoms with Gasteiger partial charge in [-0.1, -0.05) is 25.1 Å². The van der Waals surface area contributed by atoms with E-state index in [2.05, 4.69) is 9.55 Å². The Hall–Kier alpha value is -2.71. The largest absolute Gasteiger partial charge is 0.339 e. The van der Waals surface area contributed by atoms with Crippen LogP contribution >= 0.6 is 0 Å². The molecule has 3 aromatic rings. The number of carbonyl (C=O) groups is 1. The molecule has 0 aliphatic carbocycles. The first-order valence-corrected chi connectivity index (χ1v) is 12.4. The van der Waals surface area contributed by atoms with Crippen LogP contribution in [-0.4, -0.2) is 65.0 Å². The minimum atomic E-state index is -3.23. The van der Waals surface area contributed by atoms with Gasteiger partial charge in [0.15, 0.2) is 0 Å². The van der Waals surface area contributed by atoms with Crippen LogP contribution in [-0.2, 0) is 10.0 Å². The first-order chi connectivity index (χ1) is 14.8. The monoisotopic (exact) mass is 440 g/mol. The number of amides is 1. The smallest absolute Gasteiger partial charge is 0.253 e. The Morgan fingerprint density at radius 2 is 1.81 bits per heavy atom. The number of hydrogen-bond acceptors (Lipinski definition) is 4. The minimum Gasteiger partial charge on any atom is -0.339 e. The van der Waals surface area contributed by atoms with E-state index < -0.39 is 10.0 Å². The summed E-state index contributed by atoms with van der Waals surface area (Å²) in [7, 11) is -3.23. The van der Waals surface area contributed by atoms with Gasteiger partial charge in [0, 0.05) is 36.9 Å². The Labute approximate surface area is 183 Å². The fourth-order valence-corrected chi connectivity index (χ4v) is 5.76. The number of piperidine rings is 1. The SMILES string of the molecule is CCN(C1CCN(C(=O)c2ccc3c(c2)nc(C)n3-c2ccccc2)CC1)S(C)(=O)=O. The van der Waals surface area contributed by atoms with Gasteiger partial charge >= 0.3 is 0 Å². The second kappa shape index (κ2) is 8.43. The lowest BCUT2D eigenvalue weighted by Crippen LogP contribution is -2.48. The molecule has 8 heteroatoms. The molecule has 0 bridgehead atoms. The van der Waals surface area contributed by atoms with Gasteiger partial charge in [0.05, 0.1) is 17.3 Å². The number of sulfonamides is 1. The Bertz CT molecular complexity index is 1200. The van der Waals surface area contributed by atoms with E-state index in [4.69, 9.17) is 0 Å². The summed E-state index contributed by atoms with van der Waals surface area (Å²) in [5, 5.41) is 0. The lowest BCUT2D eigenvalue weighted by atomic mass is 10.0. The van der Waals surface area contributed by atoms with Crippen LogP contribution in [0.2, 0.25) is 0 Å². The number of aryl methyl sites for hydroxylation is 1. The third-order valence-corrected chi connectivity index (χ3v) is 7.39. The first kappa shape index (κ1) is 21.5. The van der Waals surface area contributed by atoms with Gasteiger partial charge < -0.3 is 4.90 Å². The molecule has 0 N–H and O–H groups in total. The lowest BCUT2D eigenvalue weighted by Gasteiger charge is -2.36. The van der Waals surface area contributed by atoms with Gasteiger partial charge in [0.1, 0.15) is 5.82 Å². The normalized spacial score (nSPS) is 15.7. The molecular formula is C23H28N4O3S. The minimum absolute atomic E-state index is 0.0327. The van der Waals surface area contributed by atoms with Crippen LogP contribution in [0.5, 0.6) is 0 Å². The van der Waals surface area contributed by atoms with Gasteiger partial charge in [0.25, 0.3) is 5.91 Å². The topological polar surface area (TPSA) is 75.5 Å². The maximum Gasteiger partial charge on any atom is 0.253 e. The zero-order chi connectivity index (χ0) is 22.2. The summed E-state index contributed by atoms with van der Waals surface area (Å²) >= 11 is 0. The van der Waals surface area contributed by atoms with Crippen LogP contribution < -0.4 is 0 Å². The zero-order valence-corrected chi connectivity index (χ0v) is 19.0. The van der Waals surface area contributed by atoms with Crippen LogP contribution in [0.1, 0.15) is 35.9 Å². The fourth-order valence-electron chi connectivity index (χ4n) is 4.54. The standard InChI is InChI=1S/C23H28N4O3S/c1-4-26(31(3,29)30)19-12-14-25(15-13-19)23(28)18-10-11-22-21(16-18)24-17(2)27(22)20-8-6-5-7-9-20/h5-11,16,19H,4,12-15H2,1-3H3. The molecule has 1 saturated heterocycles. The number of para-hydroxylation sites is 1. The lowest BCUT2D eigenvalue weighted by molar-refractivity contribution is 0.0681. The highest BCUT2D eigenvalue weighted by Gasteiger charge is 2.31. The molecule has 0 saturated carbocycles. The van der Waals surface area contributed by atoms with E-state index in [0.29, 0.717) is 38.0 Å². The summed E-state index contributed by atoms with van der Waals surface area (Å²) in [6.45, 7) is 5.36. The number of nitrogens with zero attached hydrogens (tertiary/aromatic N) is 4. The summed E-state index contributed by atoms with van der Waals surface area (Å²) in [5.74, 6) is 0.835. The van der Waals surface area contributed by atoms with Crippen molar-refractivity contribution >= 4 is 27.0 Å². The maximum atomic E-state index is 13.1. The highest BCUT2D eigenvalue weighted by atomic mass is 32.2. The van der Waals surface area contributed by atoms with E-state index in [1.54, 1.807) is 4.31 Å².